The highest BCUT2D eigenvalue weighted by molar-refractivity contribution is 6.00. The topological polar surface area (TPSA) is 60.3 Å². The van der Waals surface area contributed by atoms with Crippen molar-refractivity contribution in [2.45, 2.75) is 26.3 Å². The minimum Gasteiger partial charge on any atom is -0.496 e. The van der Waals surface area contributed by atoms with Gasteiger partial charge in [0.1, 0.15) is 5.75 Å². The van der Waals surface area contributed by atoms with E-state index in [4.69, 9.17) is 4.74 Å². The number of hydrogen-bond acceptors (Lipinski definition) is 3. The Morgan fingerprint density at radius 1 is 1.07 bits per heavy atom. The van der Waals surface area contributed by atoms with E-state index >= 15 is 0 Å². The van der Waals surface area contributed by atoms with Gasteiger partial charge in [-0.25, -0.2) is 0 Å². The minimum absolute atomic E-state index is 0.0814. The number of benzene rings is 2. The van der Waals surface area contributed by atoms with E-state index < -0.39 is 0 Å². The van der Waals surface area contributed by atoms with Gasteiger partial charge in [-0.3, -0.25) is 9.59 Å². The molecule has 3 aromatic rings. The molecule has 0 radical (unpaired) electrons. The van der Waals surface area contributed by atoms with Crippen LogP contribution < -0.4 is 10.1 Å². The summed E-state index contributed by atoms with van der Waals surface area (Å²) < 4.78 is 7.36. The normalized spacial score (nSPS) is 10.7. The maximum atomic E-state index is 12.4. The smallest absolute Gasteiger partial charge is 0.220 e. The first-order chi connectivity index (χ1) is 13.1. The highest BCUT2D eigenvalue weighted by atomic mass is 16.5. The van der Waals surface area contributed by atoms with E-state index in [-0.39, 0.29) is 24.5 Å². The Bertz CT molecular complexity index is 959. The number of para-hydroxylation sites is 1. The molecule has 0 aliphatic carbocycles. The van der Waals surface area contributed by atoms with Gasteiger partial charge in [-0.1, -0.05) is 29.8 Å². The molecule has 140 valence electrons. The van der Waals surface area contributed by atoms with Gasteiger partial charge >= 0.3 is 0 Å². The van der Waals surface area contributed by atoms with Crippen molar-refractivity contribution in [1.82, 2.24) is 9.88 Å². The van der Waals surface area contributed by atoms with Gasteiger partial charge in [-0.2, -0.15) is 0 Å². The molecule has 1 aromatic heterocycles. The fourth-order valence-corrected chi connectivity index (χ4v) is 3.14. The molecule has 0 spiro atoms. The van der Waals surface area contributed by atoms with E-state index in [2.05, 4.69) is 28.1 Å². The molecule has 0 atom stereocenters. The van der Waals surface area contributed by atoms with Crippen molar-refractivity contribution < 1.29 is 14.3 Å². The molecule has 0 fully saturated rings. The van der Waals surface area contributed by atoms with Crippen molar-refractivity contribution in [2.75, 3.05) is 13.7 Å². The molecule has 1 amide bonds. The zero-order chi connectivity index (χ0) is 19.2. The number of nitrogens with one attached hydrogen (secondary N) is 1. The Morgan fingerprint density at radius 3 is 2.70 bits per heavy atom. The number of hydrogen-bond donors (Lipinski definition) is 1. The molecule has 27 heavy (non-hydrogen) atoms. The molecular formula is C22H24N2O3. The van der Waals surface area contributed by atoms with Gasteiger partial charge in [0.2, 0.25) is 5.91 Å². The van der Waals surface area contributed by atoms with Gasteiger partial charge in [-0.05, 0) is 36.6 Å². The Hall–Kier alpha value is -3.08. The number of Topliss-reactive ketones (excluding diaryl/α,β-unsaturated/α-hetero) is 1. The predicted octanol–water partition coefficient (Wildman–Crippen LogP) is 3.74. The molecule has 5 heteroatoms. The molecule has 1 N–H and O–H groups in total. The summed E-state index contributed by atoms with van der Waals surface area (Å²) in [7, 11) is 1.54. The lowest BCUT2D eigenvalue weighted by molar-refractivity contribution is -0.121. The van der Waals surface area contributed by atoms with Crippen LogP contribution in [0.4, 0.5) is 0 Å². The van der Waals surface area contributed by atoms with Gasteiger partial charge in [-0.15, -0.1) is 0 Å². The molecule has 0 aliphatic rings. The SMILES string of the molecule is COc1ccc(C)cc1C(=O)CCC(=O)NCCn1ccc2ccccc21. The highest BCUT2D eigenvalue weighted by Crippen LogP contribution is 2.21. The van der Waals surface area contributed by atoms with Crippen molar-refractivity contribution in [3.05, 3.63) is 65.9 Å². The second-order valence-electron chi connectivity index (χ2n) is 6.54. The summed E-state index contributed by atoms with van der Waals surface area (Å²) >= 11 is 0. The molecule has 0 saturated heterocycles. The summed E-state index contributed by atoms with van der Waals surface area (Å²) in [6.45, 7) is 3.15. The van der Waals surface area contributed by atoms with E-state index in [1.165, 1.54) is 5.39 Å². The van der Waals surface area contributed by atoms with Crippen LogP contribution in [0.3, 0.4) is 0 Å². The zero-order valence-corrected chi connectivity index (χ0v) is 15.7. The monoisotopic (exact) mass is 364 g/mol. The Labute approximate surface area is 158 Å². The third-order valence-electron chi connectivity index (χ3n) is 4.59. The number of nitrogens with zero attached hydrogens (tertiary/aromatic N) is 1. The summed E-state index contributed by atoms with van der Waals surface area (Å²) in [4.78, 5) is 24.5. The number of ketones is 1. The first-order valence-electron chi connectivity index (χ1n) is 9.07. The van der Waals surface area contributed by atoms with Crippen LogP contribution in [-0.4, -0.2) is 29.9 Å². The molecule has 2 aromatic carbocycles. The van der Waals surface area contributed by atoms with Crippen molar-refractivity contribution in [1.29, 1.82) is 0 Å². The summed E-state index contributed by atoms with van der Waals surface area (Å²) in [5.41, 5.74) is 2.67. The lowest BCUT2D eigenvalue weighted by Crippen LogP contribution is -2.27. The number of aryl methyl sites for hydroxylation is 1. The van der Waals surface area contributed by atoms with Crippen LogP contribution in [0.2, 0.25) is 0 Å². The molecule has 1 heterocycles. The van der Waals surface area contributed by atoms with Crippen LogP contribution in [0.5, 0.6) is 5.75 Å². The van der Waals surface area contributed by atoms with E-state index in [0.29, 0.717) is 24.4 Å². The summed E-state index contributed by atoms with van der Waals surface area (Å²) in [5.74, 6) is 0.346. The third kappa shape index (κ3) is 4.56. The quantitative estimate of drug-likeness (QED) is 0.620. The average molecular weight is 364 g/mol. The van der Waals surface area contributed by atoms with Crippen molar-refractivity contribution in [2.24, 2.45) is 0 Å². The van der Waals surface area contributed by atoms with Crippen LogP contribution in [-0.2, 0) is 11.3 Å². The van der Waals surface area contributed by atoms with E-state index in [1.807, 2.05) is 31.3 Å². The van der Waals surface area contributed by atoms with Crippen molar-refractivity contribution >= 4 is 22.6 Å². The lowest BCUT2D eigenvalue weighted by atomic mass is 10.0. The molecule has 0 aliphatic heterocycles. The molecule has 0 saturated carbocycles. The molecular weight excluding hydrogens is 340 g/mol. The number of amides is 1. The number of carbonyl (C=O) groups excluding carboxylic acids is 2. The predicted molar refractivity (Wildman–Crippen MR) is 106 cm³/mol. The molecule has 5 nitrogen and oxygen atoms in total. The van der Waals surface area contributed by atoms with Crippen LogP contribution in [0.1, 0.15) is 28.8 Å². The largest absolute Gasteiger partial charge is 0.496 e. The molecule has 0 unspecified atom stereocenters. The zero-order valence-electron chi connectivity index (χ0n) is 15.7. The van der Waals surface area contributed by atoms with Gasteiger partial charge < -0.3 is 14.6 Å². The second kappa shape index (κ2) is 8.54. The fraction of sp³-hybridized carbons (Fsp3) is 0.273. The maximum absolute atomic E-state index is 12.4. The molecule has 0 bridgehead atoms. The average Bonchev–Trinajstić information content (AvgIpc) is 3.09. The van der Waals surface area contributed by atoms with Crippen LogP contribution >= 0.6 is 0 Å². The van der Waals surface area contributed by atoms with Gasteiger partial charge in [0, 0.05) is 37.6 Å². The fourth-order valence-electron chi connectivity index (χ4n) is 3.14. The summed E-state index contributed by atoms with van der Waals surface area (Å²) in [5, 5.41) is 4.07. The third-order valence-corrected chi connectivity index (χ3v) is 4.59. The van der Waals surface area contributed by atoms with Crippen LogP contribution in [0.25, 0.3) is 10.9 Å². The Morgan fingerprint density at radius 2 is 1.89 bits per heavy atom. The number of ether oxygens (including phenoxy) is 1. The van der Waals surface area contributed by atoms with Crippen LogP contribution in [0.15, 0.2) is 54.7 Å². The Kier molecular flexibility index (Phi) is 5.91. The molecule has 3 rings (SSSR count). The number of aromatic nitrogens is 1. The van der Waals surface area contributed by atoms with Crippen molar-refractivity contribution in [3.63, 3.8) is 0 Å². The maximum Gasteiger partial charge on any atom is 0.220 e. The Balaban J connectivity index is 1.48. The van der Waals surface area contributed by atoms with Gasteiger partial charge in [0.25, 0.3) is 0 Å². The second-order valence-corrected chi connectivity index (χ2v) is 6.54. The first kappa shape index (κ1) is 18.7. The van der Waals surface area contributed by atoms with E-state index in [0.717, 1.165) is 11.1 Å². The van der Waals surface area contributed by atoms with E-state index in [9.17, 15) is 9.59 Å². The minimum atomic E-state index is -0.119. The number of carbonyl (C=O) groups is 2. The standard InChI is InChI=1S/C22H24N2O3/c1-16-7-9-21(27-2)18(15-16)20(25)8-10-22(26)23-12-14-24-13-11-17-5-3-4-6-19(17)24/h3-7,9,11,13,15H,8,10,12,14H2,1-2H3,(H,23,26). The van der Waals surface area contributed by atoms with Gasteiger partial charge in [0.05, 0.1) is 12.7 Å². The number of methoxy groups -OCH3 is 1. The number of fused-ring (bicyclic) bond motifs is 1. The highest BCUT2D eigenvalue weighted by Gasteiger charge is 2.14. The van der Waals surface area contributed by atoms with Crippen LogP contribution in [0, 0.1) is 6.92 Å². The number of rotatable bonds is 8. The summed E-state index contributed by atoms with van der Waals surface area (Å²) in [6.07, 6.45) is 2.35. The van der Waals surface area contributed by atoms with Gasteiger partial charge in [0.15, 0.2) is 5.78 Å². The summed E-state index contributed by atoms with van der Waals surface area (Å²) in [6, 6.07) is 15.7. The first-order valence-corrected chi connectivity index (χ1v) is 9.07. The van der Waals surface area contributed by atoms with Crippen molar-refractivity contribution in [3.8, 4) is 5.75 Å². The van der Waals surface area contributed by atoms with E-state index in [1.54, 1.807) is 19.2 Å². The lowest BCUT2D eigenvalue weighted by Gasteiger charge is -2.09.